The molecule has 0 bridgehead atoms. The standard InChI is InChI=1S/C9H17NS/c1-4-6-8(3)9(5-2)10-7-11/h8-9H,4-6H2,1-3H3. The molecule has 2 unspecified atom stereocenters. The maximum atomic E-state index is 4.58. The second-order valence-corrected chi connectivity index (χ2v) is 3.14. The van der Waals surface area contributed by atoms with Gasteiger partial charge in [-0.25, -0.2) is 4.99 Å². The monoisotopic (exact) mass is 171 g/mol. The summed E-state index contributed by atoms with van der Waals surface area (Å²) in [4.78, 5) is 4.13. The number of thiocarbonyl (C=S) groups is 1. The number of hydrogen-bond donors (Lipinski definition) is 0. The molecule has 0 radical (unpaired) electrons. The number of hydrogen-bond acceptors (Lipinski definition) is 2. The van der Waals surface area contributed by atoms with E-state index >= 15 is 0 Å². The van der Waals surface area contributed by atoms with Crippen molar-refractivity contribution in [2.24, 2.45) is 10.9 Å². The van der Waals surface area contributed by atoms with E-state index in [9.17, 15) is 0 Å². The molecule has 0 aliphatic carbocycles. The number of rotatable bonds is 5. The quantitative estimate of drug-likeness (QED) is 0.456. The predicted molar refractivity (Wildman–Crippen MR) is 53.2 cm³/mol. The molecule has 0 N–H and O–H groups in total. The van der Waals surface area contributed by atoms with Gasteiger partial charge in [-0.05, 0) is 31.0 Å². The first-order valence-corrected chi connectivity index (χ1v) is 4.74. The fourth-order valence-corrected chi connectivity index (χ4v) is 1.47. The third-order valence-corrected chi connectivity index (χ3v) is 2.14. The highest BCUT2D eigenvalue weighted by Crippen LogP contribution is 2.15. The van der Waals surface area contributed by atoms with Crippen LogP contribution in [-0.4, -0.2) is 11.2 Å². The molecular weight excluding hydrogens is 154 g/mol. The molecule has 0 saturated heterocycles. The van der Waals surface area contributed by atoms with E-state index in [0.717, 1.165) is 6.42 Å². The molecule has 1 nitrogen and oxygen atoms in total. The molecule has 0 aromatic heterocycles. The molecule has 0 aromatic rings. The number of nitrogens with zero attached hydrogens (tertiary/aromatic N) is 1. The predicted octanol–water partition coefficient (Wildman–Crippen LogP) is 3.30. The second kappa shape index (κ2) is 6.51. The van der Waals surface area contributed by atoms with Crippen LogP contribution in [0.1, 0.15) is 40.0 Å². The van der Waals surface area contributed by atoms with Gasteiger partial charge in [0, 0.05) is 0 Å². The van der Waals surface area contributed by atoms with Gasteiger partial charge in [0.05, 0.1) is 11.2 Å². The van der Waals surface area contributed by atoms with E-state index in [2.05, 4.69) is 43.1 Å². The van der Waals surface area contributed by atoms with Crippen molar-refractivity contribution in [2.45, 2.75) is 46.1 Å². The van der Waals surface area contributed by atoms with Crippen molar-refractivity contribution in [2.75, 3.05) is 0 Å². The van der Waals surface area contributed by atoms with Crippen molar-refractivity contribution in [1.29, 1.82) is 0 Å². The smallest absolute Gasteiger partial charge is 0.0625 e. The van der Waals surface area contributed by atoms with Gasteiger partial charge in [-0.3, -0.25) is 0 Å². The van der Waals surface area contributed by atoms with Crippen LogP contribution in [-0.2, 0) is 0 Å². The van der Waals surface area contributed by atoms with Gasteiger partial charge in [-0.1, -0.05) is 27.2 Å². The van der Waals surface area contributed by atoms with Gasteiger partial charge in [0.25, 0.3) is 0 Å². The van der Waals surface area contributed by atoms with Crippen molar-refractivity contribution < 1.29 is 0 Å². The molecule has 64 valence electrons. The van der Waals surface area contributed by atoms with E-state index in [1.54, 1.807) is 0 Å². The van der Waals surface area contributed by atoms with Crippen molar-refractivity contribution in [1.82, 2.24) is 0 Å². The zero-order valence-electron chi connectivity index (χ0n) is 7.63. The summed E-state index contributed by atoms with van der Waals surface area (Å²) < 4.78 is 0. The minimum atomic E-state index is 0.396. The van der Waals surface area contributed by atoms with Gasteiger partial charge >= 0.3 is 0 Å². The van der Waals surface area contributed by atoms with E-state index in [1.807, 2.05) is 0 Å². The second-order valence-electron chi connectivity index (χ2n) is 2.96. The number of aliphatic imine (C=N–C) groups is 1. The Labute approximate surface area is 74.9 Å². The molecule has 0 aromatic carbocycles. The Balaban J connectivity index is 3.90. The van der Waals surface area contributed by atoms with E-state index in [-0.39, 0.29) is 0 Å². The van der Waals surface area contributed by atoms with Gasteiger partial charge < -0.3 is 0 Å². The Morgan fingerprint density at radius 3 is 2.45 bits per heavy atom. The first-order valence-electron chi connectivity index (χ1n) is 4.33. The Hall–Kier alpha value is -0.200. The van der Waals surface area contributed by atoms with Crippen LogP contribution in [0.25, 0.3) is 0 Å². The van der Waals surface area contributed by atoms with Gasteiger partial charge in [0.15, 0.2) is 0 Å². The van der Waals surface area contributed by atoms with E-state index < -0.39 is 0 Å². The van der Waals surface area contributed by atoms with Crippen LogP contribution in [0.15, 0.2) is 4.99 Å². The lowest BCUT2D eigenvalue weighted by Gasteiger charge is -2.15. The summed E-state index contributed by atoms with van der Waals surface area (Å²) >= 11 is 4.58. The third-order valence-electron chi connectivity index (χ3n) is 2.04. The van der Waals surface area contributed by atoms with Crippen LogP contribution in [0.2, 0.25) is 0 Å². The zero-order chi connectivity index (χ0) is 8.69. The normalized spacial score (nSPS) is 15.2. The SMILES string of the molecule is CCCC(C)C(CC)N=C=S. The van der Waals surface area contributed by atoms with Crippen LogP contribution in [0.3, 0.4) is 0 Å². The average Bonchev–Trinajstić information content (AvgIpc) is 2.00. The van der Waals surface area contributed by atoms with Crippen LogP contribution in [0, 0.1) is 5.92 Å². The first-order chi connectivity index (χ1) is 5.26. The van der Waals surface area contributed by atoms with E-state index in [0.29, 0.717) is 12.0 Å². The van der Waals surface area contributed by atoms with Gasteiger partial charge in [0.1, 0.15) is 0 Å². The van der Waals surface area contributed by atoms with Gasteiger partial charge in [0.2, 0.25) is 0 Å². The Bertz CT molecular complexity index is 138. The molecule has 0 heterocycles. The van der Waals surface area contributed by atoms with Crippen LogP contribution in [0.5, 0.6) is 0 Å². The first kappa shape index (κ1) is 10.8. The maximum Gasteiger partial charge on any atom is 0.0625 e. The lowest BCUT2D eigenvalue weighted by atomic mass is 9.96. The lowest BCUT2D eigenvalue weighted by molar-refractivity contribution is 0.417. The molecule has 0 saturated carbocycles. The fraction of sp³-hybridized carbons (Fsp3) is 0.889. The van der Waals surface area contributed by atoms with Crippen molar-refractivity contribution in [3.05, 3.63) is 0 Å². The van der Waals surface area contributed by atoms with Crippen molar-refractivity contribution in [3.63, 3.8) is 0 Å². The van der Waals surface area contributed by atoms with Crippen LogP contribution < -0.4 is 0 Å². The Morgan fingerprint density at radius 2 is 2.09 bits per heavy atom. The summed E-state index contributed by atoms with van der Waals surface area (Å²) in [6.45, 7) is 6.57. The highest BCUT2D eigenvalue weighted by atomic mass is 32.1. The van der Waals surface area contributed by atoms with Crippen molar-refractivity contribution >= 4 is 17.4 Å². The minimum Gasteiger partial charge on any atom is -0.229 e. The average molecular weight is 171 g/mol. The van der Waals surface area contributed by atoms with E-state index in [1.165, 1.54) is 12.8 Å². The molecule has 11 heavy (non-hydrogen) atoms. The maximum absolute atomic E-state index is 4.58. The summed E-state index contributed by atoms with van der Waals surface area (Å²) in [5, 5.41) is 2.47. The topological polar surface area (TPSA) is 12.4 Å². The third kappa shape index (κ3) is 4.28. The molecule has 2 heteroatoms. The Kier molecular flexibility index (Phi) is 6.39. The summed E-state index contributed by atoms with van der Waals surface area (Å²) in [5.41, 5.74) is 0. The highest BCUT2D eigenvalue weighted by Gasteiger charge is 2.11. The molecule has 0 rings (SSSR count). The highest BCUT2D eigenvalue weighted by molar-refractivity contribution is 7.78. The Morgan fingerprint density at radius 1 is 1.45 bits per heavy atom. The summed E-state index contributed by atoms with van der Waals surface area (Å²) in [7, 11) is 0. The molecule has 2 atom stereocenters. The van der Waals surface area contributed by atoms with Gasteiger partial charge in [-0.2, -0.15) is 0 Å². The molecule has 0 amide bonds. The fourth-order valence-electron chi connectivity index (χ4n) is 1.34. The number of isothiocyanates is 1. The van der Waals surface area contributed by atoms with Gasteiger partial charge in [-0.15, -0.1) is 0 Å². The zero-order valence-corrected chi connectivity index (χ0v) is 8.45. The molecule has 0 spiro atoms. The van der Waals surface area contributed by atoms with Crippen LogP contribution in [0.4, 0.5) is 0 Å². The van der Waals surface area contributed by atoms with Crippen LogP contribution >= 0.6 is 12.2 Å². The molecular formula is C9H17NS. The largest absolute Gasteiger partial charge is 0.229 e. The van der Waals surface area contributed by atoms with E-state index in [4.69, 9.17) is 0 Å². The molecule has 0 aliphatic rings. The molecule has 0 aliphatic heterocycles. The molecule has 0 fully saturated rings. The summed E-state index contributed by atoms with van der Waals surface area (Å²) in [5.74, 6) is 0.653. The minimum absolute atomic E-state index is 0.396. The summed E-state index contributed by atoms with van der Waals surface area (Å²) in [6.07, 6.45) is 3.54. The summed E-state index contributed by atoms with van der Waals surface area (Å²) in [6, 6.07) is 0.396. The lowest BCUT2D eigenvalue weighted by Crippen LogP contribution is -2.13. The van der Waals surface area contributed by atoms with Crippen molar-refractivity contribution in [3.8, 4) is 0 Å².